The maximum atomic E-state index is 12.2. The summed E-state index contributed by atoms with van der Waals surface area (Å²) in [6.45, 7) is 1.91. The van der Waals surface area contributed by atoms with Crippen LogP contribution in [0.1, 0.15) is 15.9 Å². The van der Waals surface area contributed by atoms with E-state index in [0.717, 1.165) is 5.56 Å². The Labute approximate surface area is 104 Å². The van der Waals surface area contributed by atoms with Crippen molar-refractivity contribution < 1.29 is 14.7 Å². The topological polar surface area (TPSA) is 57.6 Å². The van der Waals surface area contributed by atoms with Crippen molar-refractivity contribution in [3.05, 3.63) is 35.4 Å². The van der Waals surface area contributed by atoms with Crippen LogP contribution in [0.4, 0.5) is 0 Å². The molecule has 1 aromatic rings. The zero-order valence-electron chi connectivity index (χ0n) is 9.42. The highest BCUT2D eigenvalue weighted by Gasteiger charge is 2.34. The zero-order valence-corrected chi connectivity index (χ0v) is 10.2. The van der Waals surface area contributed by atoms with Crippen LogP contribution in [-0.2, 0) is 4.79 Å². The van der Waals surface area contributed by atoms with Gasteiger partial charge in [-0.2, -0.15) is 0 Å². The maximum absolute atomic E-state index is 12.2. The van der Waals surface area contributed by atoms with Crippen molar-refractivity contribution >= 4 is 23.6 Å². The molecule has 1 unspecified atom stereocenters. The number of carbonyl (C=O) groups excluding carboxylic acids is 1. The average Bonchev–Trinajstić information content (AvgIpc) is 2.77. The van der Waals surface area contributed by atoms with E-state index < -0.39 is 12.0 Å². The van der Waals surface area contributed by atoms with Gasteiger partial charge in [-0.1, -0.05) is 17.7 Å². The van der Waals surface area contributed by atoms with Gasteiger partial charge in [-0.3, -0.25) is 4.79 Å². The number of aliphatic carboxylic acids is 1. The quantitative estimate of drug-likeness (QED) is 0.867. The van der Waals surface area contributed by atoms with E-state index >= 15 is 0 Å². The summed E-state index contributed by atoms with van der Waals surface area (Å²) in [6.07, 6.45) is 0. The van der Waals surface area contributed by atoms with Crippen molar-refractivity contribution in [2.75, 3.05) is 11.6 Å². The fourth-order valence-corrected chi connectivity index (χ4v) is 2.94. The van der Waals surface area contributed by atoms with Gasteiger partial charge in [-0.25, -0.2) is 4.79 Å². The summed E-state index contributed by atoms with van der Waals surface area (Å²) in [6, 6.07) is 6.51. The number of carboxylic acids is 1. The molecule has 1 aliphatic heterocycles. The first-order valence-electron chi connectivity index (χ1n) is 5.28. The van der Waals surface area contributed by atoms with E-state index in [0.29, 0.717) is 17.2 Å². The Hall–Kier alpha value is -1.49. The summed E-state index contributed by atoms with van der Waals surface area (Å²) in [5, 5.41) is 9.03. The number of nitrogens with zero attached hydrogens (tertiary/aromatic N) is 1. The molecule has 1 aliphatic rings. The number of carbonyl (C=O) groups is 2. The Morgan fingerprint density at radius 3 is 2.88 bits per heavy atom. The molecule has 2 rings (SSSR count). The molecule has 1 saturated heterocycles. The summed E-state index contributed by atoms with van der Waals surface area (Å²) in [5.74, 6) is -0.224. The van der Waals surface area contributed by atoms with Crippen LogP contribution >= 0.6 is 11.8 Å². The van der Waals surface area contributed by atoms with Gasteiger partial charge in [0, 0.05) is 11.3 Å². The van der Waals surface area contributed by atoms with Gasteiger partial charge in [0.15, 0.2) is 0 Å². The minimum Gasteiger partial charge on any atom is -0.480 e. The summed E-state index contributed by atoms with van der Waals surface area (Å²) in [7, 11) is 0. The highest BCUT2D eigenvalue weighted by atomic mass is 32.2. The van der Waals surface area contributed by atoms with Crippen molar-refractivity contribution in [2.45, 2.75) is 13.0 Å². The summed E-state index contributed by atoms with van der Waals surface area (Å²) in [5.41, 5.74) is 1.55. The lowest BCUT2D eigenvalue weighted by Gasteiger charge is -2.20. The molecule has 1 N–H and O–H groups in total. The van der Waals surface area contributed by atoms with Crippen LogP contribution in [0, 0.1) is 6.92 Å². The van der Waals surface area contributed by atoms with E-state index in [4.69, 9.17) is 5.11 Å². The van der Waals surface area contributed by atoms with Gasteiger partial charge >= 0.3 is 5.97 Å². The van der Waals surface area contributed by atoms with Crippen molar-refractivity contribution in [1.29, 1.82) is 0 Å². The van der Waals surface area contributed by atoms with Crippen LogP contribution in [0.25, 0.3) is 0 Å². The van der Waals surface area contributed by atoms with E-state index in [-0.39, 0.29) is 5.91 Å². The molecule has 17 heavy (non-hydrogen) atoms. The lowest BCUT2D eigenvalue weighted by Crippen LogP contribution is -2.41. The Morgan fingerprint density at radius 2 is 2.24 bits per heavy atom. The fraction of sp³-hybridized carbons (Fsp3) is 0.333. The van der Waals surface area contributed by atoms with Crippen LogP contribution in [0.15, 0.2) is 24.3 Å². The van der Waals surface area contributed by atoms with E-state index in [1.54, 1.807) is 12.1 Å². The maximum Gasteiger partial charge on any atom is 0.327 e. The molecule has 0 bridgehead atoms. The number of rotatable bonds is 2. The fourth-order valence-electron chi connectivity index (χ4n) is 1.79. The van der Waals surface area contributed by atoms with Crippen molar-refractivity contribution in [1.82, 2.24) is 4.90 Å². The molecule has 1 heterocycles. The van der Waals surface area contributed by atoms with Crippen molar-refractivity contribution in [3.8, 4) is 0 Å². The molecular weight excluding hydrogens is 238 g/mol. The number of thioether (sulfide) groups is 1. The first-order valence-corrected chi connectivity index (χ1v) is 6.43. The van der Waals surface area contributed by atoms with E-state index in [9.17, 15) is 9.59 Å². The lowest BCUT2D eigenvalue weighted by molar-refractivity contribution is -0.140. The van der Waals surface area contributed by atoms with Crippen LogP contribution < -0.4 is 0 Å². The largest absolute Gasteiger partial charge is 0.480 e. The minimum absolute atomic E-state index is 0.203. The second kappa shape index (κ2) is 4.79. The molecule has 1 atom stereocenters. The van der Waals surface area contributed by atoms with Crippen LogP contribution in [0.5, 0.6) is 0 Å². The number of hydrogen-bond donors (Lipinski definition) is 1. The SMILES string of the molecule is Cc1cccc(C(=O)N2CSCC2C(=O)O)c1. The smallest absolute Gasteiger partial charge is 0.327 e. The molecule has 1 fully saturated rings. The molecule has 90 valence electrons. The first kappa shape index (κ1) is 12.0. The monoisotopic (exact) mass is 251 g/mol. The average molecular weight is 251 g/mol. The Kier molecular flexibility index (Phi) is 3.38. The third kappa shape index (κ3) is 2.44. The van der Waals surface area contributed by atoms with Crippen molar-refractivity contribution in [2.24, 2.45) is 0 Å². The normalized spacial score (nSPS) is 19.4. The Balaban J connectivity index is 2.23. The highest BCUT2D eigenvalue weighted by molar-refractivity contribution is 7.99. The lowest BCUT2D eigenvalue weighted by atomic mass is 10.1. The predicted octanol–water partition coefficient (Wildman–Crippen LogP) is 1.59. The van der Waals surface area contributed by atoms with Gasteiger partial charge in [0.05, 0.1) is 5.88 Å². The first-order chi connectivity index (χ1) is 8.09. The van der Waals surface area contributed by atoms with Gasteiger partial charge in [0.2, 0.25) is 0 Å². The van der Waals surface area contributed by atoms with E-state index in [1.165, 1.54) is 16.7 Å². The van der Waals surface area contributed by atoms with Crippen LogP contribution in [-0.4, -0.2) is 39.6 Å². The number of amides is 1. The minimum atomic E-state index is -0.934. The molecule has 0 aliphatic carbocycles. The number of aryl methyl sites for hydroxylation is 1. The predicted molar refractivity (Wildman–Crippen MR) is 66.1 cm³/mol. The Morgan fingerprint density at radius 1 is 1.47 bits per heavy atom. The standard InChI is InChI=1S/C12H13NO3S/c1-8-3-2-4-9(5-8)11(14)13-7-17-6-10(13)12(15)16/h2-5,10H,6-7H2,1H3,(H,15,16). The molecule has 0 aromatic heterocycles. The number of hydrogen-bond acceptors (Lipinski definition) is 3. The van der Waals surface area contributed by atoms with Gasteiger partial charge in [-0.15, -0.1) is 11.8 Å². The van der Waals surface area contributed by atoms with E-state index in [1.807, 2.05) is 19.1 Å². The number of carboxylic acid groups (broad SMARTS) is 1. The molecule has 0 spiro atoms. The van der Waals surface area contributed by atoms with Crippen LogP contribution in [0.3, 0.4) is 0 Å². The van der Waals surface area contributed by atoms with Gasteiger partial charge in [0.1, 0.15) is 6.04 Å². The van der Waals surface area contributed by atoms with Crippen LogP contribution in [0.2, 0.25) is 0 Å². The molecule has 4 nitrogen and oxygen atoms in total. The van der Waals surface area contributed by atoms with Crippen molar-refractivity contribution in [3.63, 3.8) is 0 Å². The highest BCUT2D eigenvalue weighted by Crippen LogP contribution is 2.23. The molecule has 1 aromatic carbocycles. The Bertz CT molecular complexity index is 461. The third-order valence-electron chi connectivity index (χ3n) is 2.69. The number of benzene rings is 1. The summed E-state index contributed by atoms with van der Waals surface area (Å²) < 4.78 is 0. The molecule has 1 amide bonds. The molecule has 5 heteroatoms. The van der Waals surface area contributed by atoms with Gasteiger partial charge < -0.3 is 10.0 Å². The molecule has 0 saturated carbocycles. The molecule has 0 radical (unpaired) electrons. The van der Waals surface area contributed by atoms with E-state index in [2.05, 4.69) is 0 Å². The summed E-state index contributed by atoms with van der Waals surface area (Å²) >= 11 is 1.47. The second-order valence-electron chi connectivity index (χ2n) is 4.00. The second-order valence-corrected chi connectivity index (χ2v) is 5.00. The van der Waals surface area contributed by atoms with Gasteiger partial charge in [-0.05, 0) is 19.1 Å². The van der Waals surface area contributed by atoms with Gasteiger partial charge in [0.25, 0.3) is 5.91 Å². The third-order valence-corrected chi connectivity index (χ3v) is 3.71. The summed E-state index contributed by atoms with van der Waals surface area (Å²) in [4.78, 5) is 24.6. The zero-order chi connectivity index (χ0) is 12.4. The molecular formula is C12H13NO3S.